The minimum Gasteiger partial charge on any atom is -0.459 e. The molecule has 4 atom stereocenters. The van der Waals surface area contributed by atoms with Crippen LogP contribution in [0.5, 0.6) is 0 Å². The molecule has 1 N–H and O–H groups in total. The number of ether oxygens (including phenoxy) is 4. The molecule has 0 saturated carbocycles. The van der Waals surface area contributed by atoms with E-state index in [-0.39, 0.29) is 17.7 Å². The van der Waals surface area contributed by atoms with Crippen molar-refractivity contribution in [3.8, 4) is 0 Å². The average molecular weight is 476 g/mol. The van der Waals surface area contributed by atoms with E-state index >= 15 is 0 Å². The zero-order valence-corrected chi connectivity index (χ0v) is 18.9. The molecule has 3 aromatic carbocycles. The molecular weight excluding hydrogens is 452 g/mol. The lowest BCUT2D eigenvalue weighted by molar-refractivity contribution is -0.173. The van der Waals surface area contributed by atoms with Crippen molar-refractivity contribution < 1.29 is 38.4 Å². The summed E-state index contributed by atoms with van der Waals surface area (Å²) in [6.07, 6.45) is -3.88. The lowest BCUT2D eigenvalue weighted by atomic mass is 9.97. The lowest BCUT2D eigenvalue weighted by Gasteiger charge is -2.29. The molecule has 1 aliphatic heterocycles. The molecule has 0 radical (unpaired) electrons. The topological polar surface area (TPSA) is 108 Å². The van der Waals surface area contributed by atoms with Gasteiger partial charge in [0.1, 0.15) is 12.7 Å². The van der Waals surface area contributed by atoms with Gasteiger partial charge in [0, 0.05) is 0 Å². The highest BCUT2D eigenvalue weighted by Gasteiger charge is 2.57. The van der Waals surface area contributed by atoms with Crippen molar-refractivity contribution in [2.45, 2.75) is 31.0 Å². The minimum absolute atomic E-state index is 0.253. The summed E-state index contributed by atoms with van der Waals surface area (Å²) < 4.78 is 22.1. The zero-order valence-electron chi connectivity index (χ0n) is 18.9. The van der Waals surface area contributed by atoms with Gasteiger partial charge in [-0.05, 0) is 43.3 Å². The maximum absolute atomic E-state index is 12.7. The first-order valence-corrected chi connectivity index (χ1v) is 11.0. The van der Waals surface area contributed by atoms with Crippen LogP contribution >= 0.6 is 0 Å². The molecule has 1 heterocycles. The van der Waals surface area contributed by atoms with Gasteiger partial charge in [-0.3, -0.25) is 0 Å². The van der Waals surface area contributed by atoms with Gasteiger partial charge in [0.2, 0.25) is 6.29 Å². The Morgan fingerprint density at radius 3 is 1.66 bits per heavy atom. The highest BCUT2D eigenvalue weighted by atomic mass is 16.7. The van der Waals surface area contributed by atoms with Gasteiger partial charge in [-0.15, -0.1) is 0 Å². The second kappa shape index (κ2) is 10.5. The highest BCUT2D eigenvalue weighted by Crippen LogP contribution is 2.35. The van der Waals surface area contributed by atoms with E-state index in [1.165, 1.54) is 6.92 Å². The second-order valence-corrected chi connectivity index (χ2v) is 8.16. The molecule has 180 valence electrons. The van der Waals surface area contributed by atoms with Gasteiger partial charge >= 0.3 is 17.9 Å². The van der Waals surface area contributed by atoms with Gasteiger partial charge in [-0.1, -0.05) is 54.6 Å². The van der Waals surface area contributed by atoms with E-state index in [2.05, 4.69) is 0 Å². The third-order valence-corrected chi connectivity index (χ3v) is 5.54. The molecule has 0 aliphatic carbocycles. The Hall–Kier alpha value is -4.01. The standard InChI is InChI=1S/C27H24O8/c1-27(31)22(34-24(29)19-13-7-3-8-14-19)21(17-32-23(28)18-11-5-2-6-12-18)33-26(27)35-25(30)20-15-9-4-10-16-20/h2-16,21-22,26,31H,17H2,1H3/t21-,22-,26-,27-/m1/s1. The van der Waals surface area contributed by atoms with Crippen LogP contribution in [-0.4, -0.2) is 53.7 Å². The van der Waals surface area contributed by atoms with E-state index in [1.54, 1.807) is 91.0 Å². The van der Waals surface area contributed by atoms with Gasteiger partial charge < -0.3 is 24.1 Å². The molecule has 1 saturated heterocycles. The summed E-state index contributed by atoms with van der Waals surface area (Å²) in [4.78, 5) is 37.8. The van der Waals surface area contributed by atoms with E-state index < -0.39 is 42.0 Å². The normalized spacial score (nSPS) is 23.3. The SMILES string of the molecule is C[C@]1(O)[C@@H](OC(=O)c2ccccc2)O[C@H](COC(=O)c2ccccc2)[C@H]1OC(=O)c1ccccc1. The Morgan fingerprint density at radius 1 is 0.743 bits per heavy atom. The van der Waals surface area contributed by atoms with Crippen LogP contribution in [0.2, 0.25) is 0 Å². The summed E-state index contributed by atoms with van der Waals surface area (Å²) in [6, 6.07) is 24.7. The fourth-order valence-electron chi connectivity index (χ4n) is 3.66. The Morgan fingerprint density at radius 2 is 1.17 bits per heavy atom. The molecule has 0 amide bonds. The number of hydrogen-bond acceptors (Lipinski definition) is 8. The Kier molecular flexibility index (Phi) is 7.24. The molecule has 1 fully saturated rings. The molecule has 0 bridgehead atoms. The molecular formula is C27H24O8. The highest BCUT2D eigenvalue weighted by molar-refractivity contribution is 5.90. The molecule has 4 rings (SSSR count). The predicted molar refractivity (Wildman–Crippen MR) is 124 cm³/mol. The van der Waals surface area contributed by atoms with Crippen LogP contribution < -0.4 is 0 Å². The molecule has 0 unspecified atom stereocenters. The third-order valence-electron chi connectivity index (χ3n) is 5.54. The molecule has 35 heavy (non-hydrogen) atoms. The molecule has 0 aromatic heterocycles. The summed E-state index contributed by atoms with van der Waals surface area (Å²) in [5.74, 6) is -2.06. The third kappa shape index (κ3) is 5.56. The monoisotopic (exact) mass is 476 g/mol. The molecule has 1 aliphatic rings. The van der Waals surface area contributed by atoms with E-state index in [0.717, 1.165) is 0 Å². The quantitative estimate of drug-likeness (QED) is 0.408. The van der Waals surface area contributed by atoms with Crippen LogP contribution in [0.1, 0.15) is 38.0 Å². The average Bonchev–Trinajstić information content (AvgIpc) is 3.12. The number of carbonyl (C=O) groups is 3. The molecule has 0 spiro atoms. The molecule has 8 nitrogen and oxygen atoms in total. The van der Waals surface area contributed by atoms with Gasteiger partial charge in [-0.2, -0.15) is 0 Å². The zero-order chi connectivity index (χ0) is 24.8. The van der Waals surface area contributed by atoms with Gasteiger partial charge in [0.15, 0.2) is 11.7 Å². The van der Waals surface area contributed by atoms with E-state index in [4.69, 9.17) is 18.9 Å². The fourth-order valence-corrected chi connectivity index (χ4v) is 3.66. The Balaban J connectivity index is 1.53. The number of rotatable bonds is 7. The molecule has 8 heteroatoms. The predicted octanol–water partition coefficient (Wildman–Crippen LogP) is 3.40. The van der Waals surface area contributed by atoms with Crippen LogP contribution in [0, 0.1) is 0 Å². The van der Waals surface area contributed by atoms with Crippen LogP contribution in [0.25, 0.3) is 0 Å². The number of esters is 3. The summed E-state index contributed by atoms with van der Waals surface area (Å²) in [6.45, 7) is 0.980. The Bertz CT molecular complexity index is 1160. The van der Waals surface area contributed by atoms with Crippen LogP contribution in [0.4, 0.5) is 0 Å². The number of hydrogen-bond donors (Lipinski definition) is 1. The fraction of sp³-hybridized carbons (Fsp3) is 0.222. The van der Waals surface area contributed by atoms with Crippen molar-refractivity contribution in [2.75, 3.05) is 6.61 Å². The van der Waals surface area contributed by atoms with Crippen molar-refractivity contribution in [2.24, 2.45) is 0 Å². The lowest BCUT2D eigenvalue weighted by Crippen LogP contribution is -2.49. The first kappa shape index (κ1) is 24.1. The van der Waals surface area contributed by atoms with Crippen LogP contribution in [0.15, 0.2) is 91.0 Å². The largest absolute Gasteiger partial charge is 0.459 e. The smallest absolute Gasteiger partial charge is 0.340 e. The van der Waals surface area contributed by atoms with Gasteiger partial charge in [0.25, 0.3) is 0 Å². The Labute approximate surface area is 202 Å². The number of aliphatic hydroxyl groups is 1. The second-order valence-electron chi connectivity index (χ2n) is 8.16. The first-order valence-electron chi connectivity index (χ1n) is 11.0. The minimum atomic E-state index is -1.93. The van der Waals surface area contributed by atoms with Gasteiger partial charge in [0.05, 0.1) is 16.7 Å². The van der Waals surface area contributed by atoms with E-state index in [9.17, 15) is 19.5 Å². The summed E-state index contributed by atoms with van der Waals surface area (Å²) in [5, 5.41) is 11.2. The van der Waals surface area contributed by atoms with E-state index in [0.29, 0.717) is 5.56 Å². The maximum atomic E-state index is 12.7. The van der Waals surface area contributed by atoms with Crippen molar-refractivity contribution in [1.29, 1.82) is 0 Å². The number of benzene rings is 3. The maximum Gasteiger partial charge on any atom is 0.340 e. The van der Waals surface area contributed by atoms with Crippen LogP contribution in [0.3, 0.4) is 0 Å². The summed E-state index contributed by atoms with van der Waals surface area (Å²) >= 11 is 0. The van der Waals surface area contributed by atoms with Crippen molar-refractivity contribution in [3.05, 3.63) is 108 Å². The molecule has 3 aromatic rings. The van der Waals surface area contributed by atoms with Crippen LogP contribution in [-0.2, 0) is 18.9 Å². The summed E-state index contributed by atoms with van der Waals surface area (Å²) in [7, 11) is 0. The summed E-state index contributed by atoms with van der Waals surface area (Å²) in [5.41, 5.74) is -1.10. The first-order chi connectivity index (χ1) is 16.9. The number of carbonyl (C=O) groups excluding carboxylic acids is 3. The van der Waals surface area contributed by atoms with Gasteiger partial charge in [-0.25, -0.2) is 14.4 Å². The van der Waals surface area contributed by atoms with Crippen molar-refractivity contribution in [3.63, 3.8) is 0 Å². The van der Waals surface area contributed by atoms with Crippen molar-refractivity contribution in [1.82, 2.24) is 0 Å². The van der Waals surface area contributed by atoms with Crippen molar-refractivity contribution >= 4 is 17.9 Å². The van der Waals surface area contributed by atoms with E-state index in [1.807, 2.05) is 0 Å².